The minimum atomic E-state index is 0.679. The first-order valence-corrected chi connectivity index (χ1v) is 21.7. The SMILES string of the molecule is c1ccc(-c2nc(-c3ccc(-n4c5ccccc5c5ccccc54)cc3)cc(-c3cccc4c3c3cc5c(cc3n4-c3ccccc3)c(-c3ccccc3)nc3ccccc35)n2)cc1. The van der Waals surface area contributed by atoms with Crippen LogP contribution in [0.4, 0.5) is 0 Å². The standard InChI is InChI=1S/C59H37N5/c1-4-17-39(18-5-1)58-48-36-56-49(35-47(48)43-23-10-13-27-50(43)60-58)57-46(26-16-30-55(57)64(56)41-21-8-3-9-22-41)52-37-51(61-59(62-52)40-19-6-2-7-20-40)38-31-33-42(34-32-38)63-53-28-14-11-24-44(53)45-25-12-15-29-54(45)63/h1-37H. The zero-order valence-corrected chi connectivity index (χ0v) is 34.6. The molecule has 0 bridgehead atoms. The first-order valence-electron chi connectivity index (χ1n) is 21.7. The summed E-state index contributed by atoms with van der Waals surface area (Å²) in [5.74, 6) is 0.679. The lowest BCUT2D eigenvalue weighted by Crippen LogP contribution is -1.97. The number of rotatable bonds is 6. The monoisotopic (exact) mass is 815 g/mol. The molecule has 4 aromatic heterocycles. The minimum absolute atomic E-state index is 0.679. The Morgan fingerprint density at radius 3 is 1.58 bits per heavy atom. The van der Waals surface area contributed by atoms with E-state index in [4.69, 9.17) is 15.0 Å². The van der Waals surface area contributed by atoms with E-state index >= 15 is 0 Å². The third kappa shape index (κ3) is 5.68. The molecule has 0 radical (unpaired) electrons. The molecule has 5 heteroatoms. The van der Waals surface area contributed by atoms with Crippen LogP contribution in [-0.2, 0) is 0 Å². The van der Waals surface area contributed by atoms with Crippen molar-refractivity contribution >= 4 is 65.3 Å². The molecule has 0 spiro atoms. The van der Waals surface area contributed by atoms with Crippen LogP contribution in [0.25, 0.3) is 122 Å². The van der Waals surface area contributed by atoms with Crippen LogP contribution < -0.4 is 0 Å². The Balaban J connectivity index is 1.06. The number of nitrogens with zero attached hydrogens (tertiary/aromatic N) is 5. The molecule has 64 heavy (non-hydrogen) atoms. The topological polar surface area (TPSA) is 48.5 Å². The van der Waals surface area contributed by atoms with Crippen molar-refractivity contribution in [3.8, 4) is 56.5 Å². The number of benzene rings is 9. The summed E-state index contributed by atoms with van der Waals surface area (Å²) in [5, 5.41) is 8.16. The summed E-state index contributed by atoms with van der Waals surface area (Å²) in [6.45, 7) is 0. The predicted octanol–water partition coefficient (Wildman–Crippen LogP) is 15.0. The lowest BCUT2D eigenvalue weighted by Gasteiger charge is -2.12. The van der Waals surface area contributed by atoms with E-state index in [1.807, 2.05) is 18.2 Å². The van der Waals surface area contributed by atoms with Crippen molar-refractivity contribution in [3.63, 3.8) is 0 Å². The Morgan fingerprint density at radius 1 is 0.297 bits per heavy atom. The van der Waals surface area contributed by atoms with E-state index in [0.717, 1.165) is 94.2 Å². The Morgan fingerprint density at radius 2 is 0.859 bits per heavy atom. The second-order valence-electron chi connectivity index (χ2n) is 16.4. The molecule has 13 aromatic rings. The van der Waals surface area contributed by atoms with Crippen molar-refractivity contribution in [1.82, 2.24) is 24.1 Å². The number of aromatic nitrogens is 5. The van der Waals surface area contributed by atoms with Crippen molar-refractivity contribution in [3.05, 3.63) is 224 Å². The fraction of sp³-hybridized carbons (Fsp3) is 0. The van der Waals surface area contributed by atoms with Gasteiger partial charge >= 0.3 is 0 Å². The van der Waals surface area contributed by atoms with Crippen LogP contribution in [0.15, 0.2) is 224 Å². The first kappa shape index (κ1) is 36.0. The lowest BCUT2D eigenvalue weighted by atomic mass is 9.96. The van der Waals surface area contributed by atoms with Gasteiger partial charge in [-0.3, -0.25) is 0 Å². The fourth-order valence-corrected chi connectivity index (χ4v) is 9.83. The van der Waals surface area contributed by atoms with Gasteiger partial charge in [0, 0.05) is 65.9 Å². The maximum atomic E-state index is 5.40. The third-order valence-corrected chi connectivity index (χ3v) is 12.7. The van der Waals surface area contributed by atoms with Gasteiger partial charge in [-0.25, -0.2) is 15.0 Å². The van der Waals surface area contributed by atoms with Gasteiger partial charge in [0.25, 0.3) is 0 Å². The highest BCUT2D eigenvalue weighted by molar-refractivity contribution is 6.23. The summed E-state index contributed by atoms with van der Waals surface area (Å²) in [6.07, 6.45) is 0. The minimum Gasteiger partial charge on any atom is -0.309 e. The Hall–Kier alpha value is -8.67. The van der Waals surface area contributed by atoms with E-state index in [-0.39, 0.29) is 0 Å². The lowest BCUT2D eigenvalue weighted by molar-refractivity contribution is 1.17. The van der Waals surface area contributed by atoms with Crippen LogP contribution >= 0.6 is 0 Å². The molecule has 9 aromatic carbocycles. The average molecular weight is 816 g/mol. The molecule has 0 unspecified atom stereocenters. The van der Waals surface area contributed by atoms with Gasteiger partial charge in [0.2, 0.25) is 0 Å². The molecule has 0 atom stereocenters. The van der Waals surface area contributed by atoms with E-state index in [1.165, 1.54) is 21.8 Å². The fourth-order valence-electron chi connectivity index (χ4n) is 9.83. The number of fused-ring (bicyclic) bond motifs is 9. The molecule has 0 aliphatic carbocycles. The number of pyridine rings is 1. The van der Waals surface area contributed by atoms with Crippen LogP contribution in [0, 0.1) is 0 Å². The average Bonchev–Trinajstić information content (AvgIpc) is 3.89. The van der Waals surface area contributed by atoms with E-state index in [1.54, 1.807) is 0 Å². The predicted molar refractivity (Wildman–Crippen MR) is 265 cm³/mol. The quantitative estimate of drug-likeness (QED) is 0.157. The molecule has 0 amide bonds. The summed E-state index contributed by atoms with van der Waals surface area (Å²) >= 11 is 0. The van der Waals surface area contributed by atoms with Gasteiger partial charge in [-0.1, -0.05) is 158 Å². The molecular weight excluding hydrogens is 779 g/mol. The van der Waals surface area contributed by atoms with Crippen molar-refractivity contribution in [2.45, 2.75) is 0 Å². The van der Waals surface area contributed by atoms with Gasteiger partial charge in [0.15, 0.2) is 5.82 Å². The van der Waals surface area contributed by atoms with Crippen LogP contribution in [-0.4, -0.2) is 24.1 Å². The molecule has 0 saturated heterocycles. The van der Waals surface area contributed by atoms with Gasteiger partial charge in [-0.15, -0.1) is 0 Å². The maximum Gasteiger partial charge on any atom is 0.160 e. The molecule has 298 valence electrons. The van der Waals surface area contributed by atoms with Gasteiger partial charge in [0.1, 0.15) is 0 Å². The molecule has 13 rings (SSSR count). The normalized spacial score (nSPS) is 11.8. The zero-order valence-electron chi connectivity index (χ0n) is 34.6. The first-order chi connectivity index (χ1) is 31.7. The van der Waals surface area contributed by atoms with Crippen LogP contribution in [0.1, 0.15) is 0 Å². The summed E-state index contributed by atoms with van der Waals surface area (Å²) in [7, 11) is 0. The molecule has 5 nitrogen and oxygen atoms in total. The van der Waals surface area contributed by atoms with Crippen LogP contribution in [0.2, 0.25) is 0 Å². The molecular formula is C59H37N5. The molecule has 0 aliphatic heterocycles. The Kier molecular flexibility index (Phi) is 8.15. The van der Waals surface area contributed by atoms with Crippen molar-refractivity contribution in [2.24, 2.45) is 0 Å². The second kappa shape index (κ2) is 14.5. The molecule has 0 saturated carbocycles. The molecule has 0 aliphatic rings. The largest absolute Gasteiger partial charge is 0.309 e. The highest BCUT2D eigenvalue weighted by Crippen LogP contribution is 2.43. The van der Waals surface area contributed by atoms with Gasteiger partial charge < -0.3 is 9.13 Å². The summed E-state index contributed by atoms with van der Waals surface area (Å²) in [6, 6.07) is 79.6. The highest BCUT2D eigenvalue weighted by Gasteiger charge is 2.22. The van der Waals surface area contributed by atoms with Crippen molar-refractivity contribution < 1.29 is 0 Å². The molecule has 0 fully saturated rings. The molecule has 4 heterocycles. The number of hydrogen-bond donors (Lipinski definition) is 0. The van der Waals surface area contributed by atoms with Crippen LogP contribution in [0.3, 0.4) is 0 Å². The Labute approximate surface area is 368 Å². The maximum absolute atomic E-state index is 5.40. The van der Waals surface area contributed by atoms with Gasteiger partial charge in [0.05, 0.1) is 44.7 Å². The van der Waals surface area contributed by atoms with E-state index < -0.39 is 0 Å². The Bertz CT molecular complexity index is 3870. The van der Waals surface area contributed by atoms with Crippen molar-refractivity contribution in [1.29, 1.82) is 0 Å². The summed E-state index contributed by atoms with van der Waals surface area (Å²) in [4.78, 5) is 16.0. The van der Waals surface area contributed by atoms with E-state index in [9.17, 15) is 0 Å². The van der Waals surface area contributed by atoms with E-state index in [2.05, 4.69) is 215 Å². The third-order valence-electron chi connectivity index (χ3n) is 12.7. The summed E-state index contributed by atoms with van der Waals surface area (Å²) in [5.41, 5.74) is 14.5. The number of hydrogen-bond acceptors (Lipinski definition) is 3. The number of para-hydroxylation sites is 4. The van der Waals surface area contributed by atoms with Crippen LogP contribution in [0.5, 0.6) is 0 Å². The van der Waals surface area contributed by atoms with E-state index in [0.29, 0.717) is 5.82 Å². The second-order valence-corrected chi connectivity index (χ2v) is 16.4. The summed E-state index contributed by atoms with van der Waals surface area (Å²) < 4.78 is 4.75. The molecule has 0 N–H and O–H groups in total. The van der Waals surface area contributed by atoms with Gasteiger partial charge in [-0.05, 0) is 72.1 Å². The van der Waals surface area contributed by atoms with Crippen molar-refractivity contribution in [2.75, 3.05) is 0 Å². The smallest absolute Gasteiger partial charge is 0.160 e. The van der Waals surface area contributed by atoms with Gasteiger partial charge in [-0.2, -0.15) is 0 Å². The zero-order chi connectivity index (χ0) is 42.1. The highest BCUT2D eigenvalue weighted by atomic mass is 15.0.